The number of hydrogen-bond acceptors (Lipinski definition) is 10. The average Bonchev–Trinajstić information content (AvgIpc) is 2.57. The van der Waals surface area contributed by atoms with E-state index < -0.39 is 73.5 Å². The number of piperidine rings is 1. The minimum absolute atomic E-state index is 0.181. The summed E-state index contributed by atoms with van der Waals surface area (Å²) in [6.07, 6.45) is -10.3. The number of carboxylic acid groups (broad SMARTS) is 1. The van der Waals surface area contributed by atoms with Crippen molar-refractivity contribution in [3.8, 4) is 0 Å². The van der Waals surface area contributed by atoms with Crippen LogP contribution >= 0.6 is 0 Å². The Hall–Kier alpha value is -1.38. The zero-order chi connectivity index (χ0) is 19.6. The van der Waals surface area contributed by atoms with Gasteiger partial charge in [-0.05, 0) is 0 Å². The predicted molar refractivity (Wildman–Crippen MR) is 81.7 cm³/mol. The number of aliphatic hydroxyl groups is 5. The van der Waals surface area contributed by atoms with E-state index in [-0.39, 0.29) is 6.54 Å². The third-order valence-corrected chi connectivity index (χ3v) is 4.41. The van der Waals surface area contributed by atoms with Gasteiger partial charge in [0.15, 0.2) is 6.29 Å². The van der Waals surface area contributed by atoms with Gasteiger partial charge in [-0.3, -0.25) is 14.9 Å². The molecule has 0 saturated carbocycles. The smallest absolute Gasteiger partial charge is 0.323 e. The van der Waals surface area contributed by atoms with Crippen LogP contribution < -0.4 is 10.6 Å². The second-order valence-corrected chi connectivity index (χ2v) is 6.32. The first-order valence-electron chi connectivity index (χ1n) is 8.04. The van der Waals surface area contributed by atoms with Gasteiger partial charge in [-0.2, -0.15) is 0 Å². The van der Waals surface area contributed by atoms with Gasteiger partial charge in [-0.15, -0.1) is 0 Å². The molecule has 2 saturated heterocycles. The molecule has 2 heterocycles. The highest BCUT2D eigenvalue weighted by Gasteiger charge is 2.50. The average molecular weight is 380 g/mol. The maximum Gasteiger partial charge on any atom is 0.323 e. The third-order valence-electron chi connectivity index (χ3n) is 4.41. The molecule has 1 amide bonds. The monoisotopic (exact) mass is 380 g/mol. The van der Waals surface area contributed by atoms with Crippen molar-refractivity contribution in [2.45, 2.75) is 61.9 Å². The fourth-order valence-electron chi connectivity index (χ4n) is 3.03. The summed E-state index contributed by atoms with van der Waals surface area (Å²) in [5, 5.41) is 63.4. The van der Waals surface area contributed by atoms with E-state index in [2.05, 4.69) is 10.6 Å². The Kier molecular flexibility index (Phi) is 6.87. The molecule has 0 spiro atoms. The minimum atomic E-state index is -1.59. The van der Waals surface area contributed by atoms with E-state index in [4.69, 9.17) is 9.47 Å². The van der Waals surface area contributed by atoms with Crippen molar-refractivity contribution in [1.82, 2.24) is 10.6 Å². The van der Waals surface area contributed by atoms with Crippen molar-refractivity contribution in [3.63, 3.8) is 0 Å². The molecule has 150 valence electrons. The van der Waals surface area contributed by atoms with Crippen molar-refractivity contribution in [2.24, 2.45) is 0 Å². The van der Waals surface area contributed by atoms with Gasteiger partial charge in [-0.1, -0.05) is 0 Å². The molecule has 2 fully saturated rings. The van der Waals surface area contributed by atoms with E-state index in [1.165, 1.54) is 0 Å². The summed E-state index contributed by atoms with van der Waals surface area (Å²) >= 11 is 0. The zero-order valence-electron chi connectivity index (χ0n) is 13.9. The fourth-order valence-corrected chi connectivity index (χ4v) is 3.03. The lowest BCUT2D eigenvalue weighted by Crippen LogP contribution is -2.68. The number of amides is 1. The van der Waals surface area contributed by atoms with E-state index in [0.717, 1.165) is 6.92 Å². The van der Waals surface area contributed by atoms with Crippen molar-refractivity contribution >= 4 is 11.9 Å². The molecule has 0 aliphatic carbocycles. The lowest BCUT2D eigenvalue weighted by molar-refractivity contribution is -0.297. The number of β-amino-alcohol motifs (C(OH)–C–C–N with tert-alkyl or cyclic N) is 1. The number of nitrogens with one attached hydrogen (secondary N) is 2. The van der Waals surface area contributed by atoms with Crippen LogP contribution in [0.3, 0.4) is 0 Å². The summed E-state index contributed by atoms with van der Waals surface area (Å²) in [6.45, 7) is 0.287. The summed E-state index contributed by atoms with van der Waals surface area (Å²) in [7, 11) is 0. The van der Waals surface area contributed by atoms with Crippen LogP contribution in [0, 0.1) is 0 Å². The molecule has 12 nitrogen and oxygen atoms in total. The Morgan fingerprint density at radius 2 is 1.85 bits per heavy atom. The molecular formula is C14H24N2O10. The molecule has 26 heavy (non-hydrogen) atoms. The molecule has 0 aromatic rings. The van der Waals surface area contributed by atoms with Gasteiger partial charge in [-0.25, -0.2) is 0 Å². The molecule has 9 atom stereocenters. The summed E-state index contributed by atoms with van der Waals surface area (Å²) in [6, 6.07) is -2.70. The van der Waals surface area contributed by atoms with Gasteiger partial charge in [0.05, 0.1) is 12.7 Å². The Labute approximate surface area is 148 Å². The van der Waals surface area contributed by atoms with Gasteiger partial charge in [0.2, 0.25) is 5.91 Å². The molecule has 0 aromatic heterocycles. The van der Waals surface area contributed by atoms with Crippen molar-refractivity contribution in [3.05, 3.63) is 0 Å². The first-order chi connectivity index (χ1) is 12.2. The number of hydrogen-bond donors (Lipinski definition) is 8. The van der Waals surface area contributed by atoms with Gasteiger partial charge in [0, 0.05) is 13.5 Å². The third kappa shape index (κ3) is 4.29. The van der Waals surface area contributed by atoms with E-state index in [1.54, 1.807) is 0 Å². The normalized spacial score (nSPS) is 43.7. The van der Waals surface area contributed by atoms with Gasteiger partial charge < -0.3 is 45.4 Å². The second-order valence-electron chi connectivity index (χ2n) is 6.32. The molecule has 0 bridgehead atoms. The highest BCUT2D eigenvalue weighted by atomic mass is 16.7. The van der Waals surface area contributed by atoms with Crippen LogP contribution in [0.25, 0.3) is 0 Å². The van der Waals surface area contributed by atoms with Gasteiger partial charge >= 0.3 is 5.97 Å². The molecule has 12 heteroatoms. The van der Waals surface area contributed by atoms with E-state index >= 15 is 0 Å². The van der Waals surface area contributed by atoms with Crippen LogP contribution in [-0.2, 0) is 19.1 Å². The van der Waals surface area contributed by atoms with Crippen LogP contribution in [-0.4, -0.2) is 111 Å². The first-order valence-corrected chi connectivity index (χ1v) is 8.04. The summed E-state index contributed by atoms with van der Waals surface area (Å²) < 4.78 is 10.8. The number of carbonyl (C=O) groups excluding carboxylic acids is 1. The lowest BCUT2D eigenvalue weighted by atomic mass is 9.94. The number of ether oxygens (including phenoxy) is 2. The molecule has 0 aromatic carbocycles. The standard InChI is InChI=1S/C14H24N2O10/c1-4(18)16-7-11(22)10(21)6(3-17)25-14(7)26-12-8(13(23)24)15-2-5(19)9(12)20/h5-12,14-15,17,19-22H,2-3H2,1H3,(H,16,18)(H,23,24)/t5-,6+,7+,8+,9+,10+,11+,12+,14+/m0/s1. The Morgan fingerprint density at radius 3 is 2.38 bits per heavy atom. The molecular weight excluding hydrogens is 356 g/mol. The highest BCUT2D eigenvalue weighted by molar-refractivity contribution is 5.75. The van der Waals surface area contributed by atoms with Crippen LogP contribution in [0.2, 0.25) is 0 Å². The van der Waals surface area contributed by atoms with E-state index in [0.29, 0.717) is 0 Å². The summed E-state index contributed by atoms with van der Waals surface area (Å²) in [5.74, 6) is -1.94. The van der Waals surface area contributed by atoms with Crippen LogP contribution in [0.1, 0.15) is 6.92 Å². The molecule has 0 radical (unpaired) electrons. The summed E-state index contributed by atoms with van der Waals surface area (Å²) in [5.41, 5.74) is 0. The number of carboxylic acids is 1. The topological polar surface area (TPSA) is 198 Å². The van der Waals surface area contributed by atoms with Crippen molar-refractivity contribution in [1.29, 1.82) is 0 Å². The fraction of sp³-hybridized carbons (Fsp3) is 0.857. The number of carbonyl (C=O) groups is 2. The maximum absolute atomic E-state index is 11.4. The van der Waals surface area contributed by atoms with Crippen LogP contribution in [0.4, 0.5) is 0 Å². The maximum atomic E-state index is 11.4. The van der Waals surface area contributed by atoms with Gasteiger partial charge in [0.1, 0.15) is 42.6 Å². The lowest BCUT2D eigenvalue weighted by Gasteiger charge is -2.45. The predicted octanol–water partition coefficient (Wildman–Crippen LogP) is -4.91. The number of aliphatic hydroxyl groups excluding tert-OH is 5. The molecule has 0 unspecified atom stereocenters. The zero-order valence-corrected chi connectivity index (χ0v) is 13.9. The number of aliphatic carboxylic acids is 1. The van der Waals surface area contributed by atoms with Crippen LogP contribution in [0.15, 0.2) is 0 Å². The summed E-state index contributed by atoms with van der Waals surface area (Å²) in [4.78, 5) is 22.8. The molecule has 2 aliphatic heterocycles. The molecule has 8 N–H and O–H groups in total. The van der Waals surface area contributed by atoms with Crippen LogP contribution in [0.5, 0.6) is 0 Å². The van der Waals surface area contributed by atoms with E-state index in [9.17, 15) is 40.2 Å². The van der Waals surface area contributed by atoms with E-state index in [1.807, 2.05) is 0 Å². The molecule has 2 aliphatic rings. The first kappa shape index (κ1) is 20.9. The largest absolute Gasteiger partial charge is 0.480 e. The molecule has 2 rings (SSSR count). The Morgan fingerprint density at radius 1 is 1.19 bits per heavy atom. The Balaban J connectivity index is 2.25. The highest BCUT2D eigenvalue weighted by Crippen LogP contribution is 2.26. The number of rotatable bonds is 5. The van der Waals surface area contributed by atoms with Crippen molar-refractivity contribution < 1.29 is 49.7 Å². The minimum Gasteiger partial charge on any atom is -0.480 e. The second kappa shape index (κ2) is 8.54. The SMILES string of the molecule is CC(=O)N[C@H]1[C@@H](O[C@H]2[C@H](O)[C@@H](O)CN[C@H]2C(=O)O)O[C@H](CO)[C@@H](O)[C@@H]1O. The van der Waals surface area contributed by atoms with Gasteiger partial charge in [0.25, 0.3) is 0 Å². The Bertz CT molecular complexity index is 520. The quantitative estimate of drug-likeness (QED) is 0.227. The van der Waals surface area contributed by atoms with Crippen molar-refractivity contribution in [2.75, 3.05) is 13.2 Å².